The van der Waals surface area contributed by atoms with Crippen LogP contribution in [0.25, 0.3) is 0 Å². The molecule has 0 aliphatic rings. The van der Waals surface area contributed by atoms with Crippen molar-refractivity contribution >= 4 is 13.8 Å². The molecule has 0 radical (unpaired) electrons. The van der Waals surface area contributed by atoms with Crippen molar-refractivity contribution < 1.29 is 52.6 Å². The fraction of sp³-hybridized carbons (Fsp3) is 0.674. The highest BCUT2D eigenvalue weighted by atomic mass is 31.2. The molecule has 1 unspecified atom stereocenters. The van der Waals surface area contributed by atoms with Crippen LogP contribution >= 0.6 is 7.82 Å². The molecule has 5 atom stereocenters. The van der Waals surface area contributed by atoms with Crippen molar-refractivity contribution in [3.8, 4) is 0 Å². The van der Waals surface area contributed by atoms with Crippen LogP contribution in [-0.2, 0) is 27.9 Å². The number of carbonyl (C=O) groups excluding carboxylic acids is 1. The number of unbranched alkanes of at least 4 members (excludes halogenated alkanes) is 11. The number of aliphatic hydroxyl groups is 3. The lowest BCUT2D eigenvalue weighted by Gasteiger charge is -2.24. The Labute approximate surface area is 352 Å². The van der Waals surface area contributed by atoms with Crippen molar-refractivity contribution in [1.29, 1.82) is 0 Å². The monoisotopic (exact) mass is 839 g/mol. The van der Waals surface area contributed by atoms with E-state index in [0.717, 1.165) is 32.1 Å². The Bertz CT molecular complexity index is 1250. The number of hydrogen-bond donors (Lipinski definition) is 4. The first-order valence-corrected chi connectivity index (χ1v) is 23.2. The first-order chi connectivity index (χ1) is 27.8. The Kier molecular flexibility index (Phi) is 35.7. The Morgan fingerprint density at radius 2 is 1.28 bits per heavy atom. The molecule has 58 heavy (non-hydrogen) atoms. The van der Waals surface area contributed by atoms with E-state index in [1.807, 2.05) is 46.3 Å². The lowest BCUT2D eigenvalue weighted by atomic mass is 10.1. The molecule has 334 valence electrons. The van der Waals surface area contributed by atoms with Gasteiger partial charge in [-0.3, -0.25) is 13.8 Å². The van der Waals surface area contributed by atoms with Gasteiger partial charge in [0.25, 0.3) is 0 Å². The standard InChI is InChI=1S/C46H80NO10P/c1-6-8-10-11-12-13-14-15-16-17-18-19-20-23-26-30-38-54-43(41-57-58(52,53)56-39-37-47(3,4)5)40-55-46(51)36-31-35-45(50)44(49)34-29-25-22-21-24-28-33-42(48)32-27-9-7-2/h9,13-14,21-22,24-25,27-30,33-34,38,42-45,48-50H,6-8,10-12,15-20,23,26,31-32,35-37,39-41H2,1-5H3/p+1/b14-13-,24-21+,25-22-,27-9-,33-28+,34-29-,38-30+/t42-,43-,44+,45+/m1/s1. The molecule has 0 aromatic heterocycles. The van der Waals surface area contributed by atoms with Gasteiger partial charge < -0.3 is 34.2 Å². The Morgan fingerprint density at radius 1 is 0.690 bits per heavy atom. The first-order valence-electron chi connectivity index (χ1n) is 21.7. The Hall–Kier alpha value is -2.60. The number of esters is 1. The summed E-state index contributed by atoms with van der Waals surface area (Å²) < 4.78 is 34.5. The minimum Gasteiger partial charge on any atom is -0.492 e. The van der Waals surface area contributed by atoms with Gasteiger partial charge in [0.1, 0.15) is 19.8 Å². The maximum absolute atomic E-state index is 12.5. The summed E-state index contributed by atoms with van der Waals surface area (Å²) in [4.78, 5) is 22.7. The smallest absolute Gasteiger partial charge is 0.472 e. The number of rotatable bonds is 38. The van der Waals surface area contributed by atoms with Gasteiger partial charge in [-0.25, -0.2) is 4.57 Å². The number of ether oxygens (including phenoxy) is 2. The number of likely N-dealkylation sites (N-methyl/N-ethyl adjacent to an activating group) is 1. The fourth-order valence-corrected chi connectivity index (χ4v) is 6.02. The second-order valence-electron chi connectivity index (χ2n) is 15.6. The van der Waals surface area contributed by atoms with Crippen molar-refractivity contribution in [1.82, 2.24) is 0 Å². The van der Waals surface area contributed by atoms with E-state index in [9.17, 15) is 29.6 Å². The van der Waals surface area contributed by atoms with Gasteiger partial charge in [-0.2, -0.15) is 0 Å². The van der Waals surface area contributed by atoms with Gasteiger partial charge in [0.15, 0.2) is 6.10 Å². The fourth-order valence-electron chi connectivity index (χ4n) is 5.28. The van der Waals surface area contributed by atoms with Crippen molar-refractivity contribution in [2.75, 3.05) is 47.5 Å². The maximum atomic E-state index is 12.5. The number of aliphatic hydroxyl groups excluding tert-OH is 3. The topological polar surface area (TPSA) is 152 Å². The molecule has 11 nitrogen and oxygen atoms in total. The molecule has 0 aromatic rings. The Morgan fingerprint density at radius 3 is 1.90 bits per heavy atom. The van der Waals surface area contributed by atoms with E-state index in [0.29, 0.717) is 17.4 Å². The molecule has 0 aromatic carbocycles. The van der Waals surface area contributed by atoms with Gasteiger partial charge in [0.2, 0.25) is 0 Å². The van der Waals surface area contributed by atoms with E-state index in [4.69, 9.17) is 18.5 Å². The molecule has 0 rings (SSSR count). The lowest BCUT2D eigenvalue weighted by molar-refractivity contribution is -0.870. The van der Waals surface area contributed by atoms with E-state index < -0.39 is 38.2 Å². The molecule has 0 aliphatic carbocycles. The zero-order valence-electron chi connectivity index (χ0n) is 36.6. The van der Waals surface area contributed by atoms with Crippen LogP contribution in [0.5, 0.6) is 0 Å². The van der Waals surface area contributed by atoms with E-state index >= 15 is 0 Å². The number of phosphoric ester groups is 1. The number of hydrogen-bond acceptors (Lipinski definition) is 9. The van der Waals surface area contributed by atoms with Gasteiger partial charge in [0.05, 0.1) is 52.3 Å². The quantitative estimate of drug-likeness (QED) is 0.00900. The summed E-state index contributed by atoms with van der Waals surface area (Å²) in [6.45, 7) is 4.27. The molecule has 0 saturated carbocycles. The van der Waals surface area contributed by atoms with Crippen LogP contribution in [0.3, 0.4) is 0 Å². The molecular weight excluding hydrogens is 757 g/mol. The maximum Gasteiger partial charge on any atom is 0.472 e. The third kappa shape index (κ3) is 38.9. The molecule has 0 fully saturated rings. The number of allylic oxidation sites excluding steroid dienone is 10. The highest BCUT2D eigenvalue weighted by molar-refractivity contribution is 7.47. The minimum absolute atomic E-state index is 0.00119. The van der Waals surface area contributed by atoms with Gasteiger partial charge in [-0.05, 0) is 70.3 Å². The second kappa shape index (κ2) is 37.4. The highest BCUT2D eigenvalue weighted by Gasteiger charge is 2.26. The third-order valence-corrected chi connectivity index (χ3v) is 9.86. The van der Waals surface area contributed by atoms with E-state index in [-0.39, 0.29) is 39.1 Å². The van der Waals surface area contributed by atoms with Gasteiger partial charge in [-0.15, -0.1) is 0 Å². The molecule has 0 heterocycles. The summed E-state index contributed by atoms with van der Waals surface area (Å²) in [5, 5.41) is 30.5. The Balaban J connectivity index is 4.65. The summed E-state index contributed by atoms with van der Waals surface area (Å²) in [6, 6.07) is 0. The zero-order chi connectivity index (χ0) is 43.2. The molecule has 12 heteroatoms. The van der Waals surface area contributed by atoms with Gasteiger partial charge >= 0.3 is 13.8 Å². The second-order valence-corrected chi connectivity index (χ2v) is 17.1. The number of phosphoric acid groups is 1. The molecule has 0 bridgehead atoms. The molecule has 0 spiro atoms. The van der Waals surface area contributed by atoms with Gasteiger partial charge in [-0.1, -0.05) is 132 Å². The summed E-state index contributed by atoms with van der Waals surface area (Å²) in [7, 11) is 1.46. The summed E-state index contributed by atoms with van der Waals surface area (Å²) in [5.74, 6) is -0.534. The summed E-state index contributed by atoms with van der Waals surface area (Å²) in [6.07, 6.45) is 39.5. The van der Waals surface area contributed by atoms with Crippen LogP contribution in [0.15, 0.2) is 85.3 Å². The third-order valence-electron chi connectivity index (χ3n) is 8.87. The van der Waals surface area contributed by atoms with Crippen molar-refractivity contribution in [3.05, 3.63) is 85.3 Å². The molecule has 0 amide bonds. The number of nitrogens with zero attached hydrogens (tertiary/aromatic N) is 1. The SMILES string of the molecule is CC/C=C\C[C@@H](O)/C=C/C=C/C=C\C=C/[C@H](O)[C@@H](O)CCCC(=O)OC[C@H](COP(=O)(O)OCC[N+](C)(C)C)O/C=C/CCCCCCCC/C=C\CCCCCC. The first kappa shape index (κ1) is 55.4. The number of carbonyl (C=O) groups is 1. The van der Waals surface area contributed by atoms with Crippen molar-refractivity contribution in [2.45, 2.75) is 154 Å². The zero-order valence-corrected chi connectivity index (χ0v) is 37.5. The van der Waals surface area contributed by atoms with E-state index in [2.05, 4.69) is 19.1 Å². The van der Waals surface area contributed by atoms with Crippen LogP contribution in [-0.4, -0.2) is 103 Å². The van der Waals surface area contributed by atoms with Crippen LogP contribution in [0.4, 0.5) is 0 Å². The van der Waals surface area contributed by atoms with E-state index in [1.54, 1.807) is 42.5 Å². The van der Waals surface area contributed by atoms with Crippen LogP contribution in [0, 0.1) is 0 Å². The van der Waals surface area contributed by atoms with Crippen LogP contribution in [0.2, 0.25) is 0 Å². The largest absolute Gasteiger partial charge is 0.492 e. The van der Waals surface area contributed by atoms with Crippen molar-refractivity contribution in [3.63, 3.8) is 0 Å². The summed E-state index contributed by atoms with van der Waals surface area (Å²) >= 11 is 0. The molecule has 4 N–H and O–H groups in total. The average molecular weight is 839 g/mol. The van der Waals surface area contributed by atoms with Crippen LogP contribution in [0.1, 0.15) is 129 Å². The lowest BCUT2D eigenvalue weighted by Crippen LogP contribution is -2.37. The van der Waals surface area contributed by atoms with Crippen LogP contribution < -0.4 is 0 Å². The highest BCUT2D eigenvalue weighted by Crippen LogP contribution is 2.43. The summed E-state index contributed by atoms with van der Waals surface area (Å²) in [5.41, 5.74) is 0. The average Bonchev–Trinajstić information content (AvgIpc) is 3.17. The normalized spacial score (nSPS) is 16.2. The molecule has 0 aliphatic heterocycles. The van der Waals surface area contributed by atoms with Gasteiger partial charge in [0, 0.05) is 6.42 Å². The predicted octanol–water partition coefficient (Wildman–Crippen LogP) is 9.75. The minimum atomic E-state index is -4.36. The molecule has 0 saturated heterocycles. The predicted molar refractivity (Wildman–Crippen MR) is 237 cm³/mol. The number of quaternary nitrogens is 1. The van der Waals surface area contributed by atoms with E-state index in [1.165, 1.54) is 70.1 Å². The molecular formula is C46H81NO10P+. The van der Waals surface area contributed by atoms with Crippen molar-refractivity contribution in [2.24, 2.45) is 0 Å².